The van der Waals surface area contributed by atoms with Gasteiger partial charge in [0.1, 0.15) is 12.6 Å². The van der Waals surface area contributed by atoms with E-state index >= 15 is 0 Å². The second kappa shape index (κ2) is 12.0. The molecule has 0 aliphatic carbocycles. The second-order valence-corrected chi connectivity index (χ2v) is 12.5. The van der Waals surface area contributed by atoms with E-state index in [1.165, 1.54) is 29.2 Å². The van der Waals surface area contributed by atoms with E-state index < -0.39 is 34.1 Å². The molecule has 0 unspecified atom stereocenters. The molecule has 2 amide bonds. The number of sulfonamides is 1. The minimum atomic E-state index is -4.13. The molecule has 0 aliphatic rings. The molecule has 0 spiro atoms. The lowest BCUT2D eigenvalue weighted by molar-refractivity contribution is -0.140. The van der Waals surface area contributed by atoms with Crippen molar-refractivity contribution in [3.05, 3.63) is 95.0 Å². The fraction of sp³-hybridized carbons (Fsp3) is 0.310. The van der Waals surface area contributed by atoms with Crippen LogP contribution in [0.2, 0.25) is 5.02 Å². The minimum absolute atomic E-state index is 0.00316. The van der Waals surface area contributed by atoms with Gasteiger partial charge in [-0.2, -0.15) is 0 Å². The van der Waals surface area contributed by atoms with Gasteiger partial charge in [0, 0.05) is 17.1 Å². The van der Waals surface area contributed by atoms with Gasteiger partial charge >= 0.3 is 0 Å². The van der Waals surface area contributed by atoms with Crippen LogP contribution in [-0.4, -0.2) is 43.3 Å². The number of nitrogens with one attached hydrogen (secondary N) is 1. The molecule has 0 heterocycles. The van der Waals surface area contributed by atoms with Crippen molar-refractivity contribution in [2.24, 2.45) is 0 Å². The Morgan fingerprint density at radius 1 is 0.921 bits per heavy atom. The molecule has 9 heteroatoms. The molecule has 3 aromatic rings. The van der Waals surface area contributed by atoms with Crippen LogP contribution in [0, 0.1) is 6.92 Å². The zero-order chi connectivity index (χ0) is 28.1. The predicted octanol–water partition coefficient (Wildman–Crippen LogP) is 5.18. The molecule has 0 saturated heterocycles. The highest BCUT2D eigenvalue weighted by molar-refractivity contribution is 7.92. The third-order valence-electron chi connectivity index (χ3n) is 5.86. The van der Waals surface area contributed by atoms with Crippen molar-refractivity contribution >= 4 is 39.1 Å². The van der Waals surface area contributed by atoms with E-state index in [0.717, 1.165) is 15.4 Å². The summed E-state index contributed by atoms with van der Waals surface area (Å²) in [6.07, 6.45) is 0. The van der Waals surface area contributed by atoms with Gasteiger partial charge in [-0.3, -0.25) is 13.9 Å². The van der Waals surface area contributed by atoms with Gasteiger partial charge < -0.3 is 10.2 Å². The highest BCUT2D eigenvalue weighted by atomic mass is 35.5. The number of rotatable bonds is 9. The average molecular weight is 556 g/mol. The van der Waals surface area contributed by atoms with Crippen LogP contribution < -0.4 is 9.62 Å². The number of halogens is 1. The summed E-state index contributed by atoms with van der Waals surface area (Å²) in [5, 5.41) is 3.31. The molecule has 0 saturated carbocycles. The quantitative estimate of drug-likeness (QED) is 0.394. The van der Waals surface area contributed by atoms with Crippen molar-refractivity contribution in [1.82, 2.24) is 10.2 Å². The fourth-order valence-corrected chi connectivity index (χ4v) is 5.35. The first kappa shape index (κ1) is 29.2. The van der Waals surface area contributed by atoms with Gasteiger partial charge in [-0.1, -0.05) is 59.6 Å². The maximum Gasteiger partial charge on any atom is 0.264 e. The SMILES string of the molecule is Cc1ccc(N(CC(=O)N(Cc2ccccc2)[C@H](C)C(=O)NC(C)(C)C)S(=O)(=O)c2ccc(Cl)cc2)cc1. The van der Waals surface area contributed by atoms with Gasteiger partial charge in [-0.05, 0) is 76.6 Å². The van der Waals surface area contributed by atoms with Crippen molar-refractivity contribution in [2.75, 3.05) is 10.8 Å². The van der Waals surface area contributed by atoms with Crippen LogP contribution in [0.5, 0.6) is 0 Å². The molecular weight excluding hydrogens is 522 g/mol. The van der Waals surface area contributed by atoms with Crippen molar-refractivity contribution < 1.29 is 18.0 Å². The summed E-state index contributed by atoms with van der Waals surface area (Å²) in [7, 11) is -4.13. The lowest BCUT2D eigenvalue weighted by Crippen LogP contribution is -2.54. The van der Waals surface area contributed by atoms with E-state index in [9.17, 15) is 18.0 Å². The standard InChI is InChI=1S/C29H34ClN3O4S/c1-21-11-15-25(16-12-21)33(38(36,37)26-17-13-24(30)14-18-26)20-27(34)32(19-23-9-7-6-8-10-23)22(2)28(35)31-29(3,4)5/h6-18,22H,19-20H2,1-5H3,(H,31,35)/t22-/m1/s1. The zero-order valence-corrected chi connectivity index (χ0v) is 23.9. The monoisotopic (exact) mass is 555 g/mol. The molecule has 3 aromatic carbocycles. The first-order chi connectivity index (χ1) is 17.8. The molecule has 0 fully saturated rings. The van der Waals surface area contributed by atoms with Crippen LogP contribution in [0.4, 0.5) is 5.69 Å². The average Bonchev–Trinajstić information content (AvgIpc) is 2.85. The maximum atomic E-state index is 13.9. The Hall–Kier alpha value is -3.36. The van der Waals surface area contributed by atoms with E-state index in [1.54, 1.807) is 31.2 Å². The molecule has 202 valence electrons. The van der Waals surface area contributed by atoms with Crippen molar-refractivity contribution in [1.29, 1.82) is 0 Å². The number of carbonyl (C=O) groups excluding carboxylic acids is 2. The highest BCUT2D eigenvalue weighted by Gasteiger charge is 2.33. The first-order valence-corrected chi connectivity index (χ1v) is 14.1. The summed E-state index contributed by atoms with van der Waals surface area (Å²) in [6, 6.07) is 21.1. The van der Waals surface area contributed by atoms with Crippen molar-refractivity contribution in [3.8, 4) is 0 Å². The Morgan fingerprint density at radius 3 is 2.05 bits per heavy atom. The molecular formula is C29H34ClN3O4S. The number of anilines is 1. The molecule has 7 nitrogen and oxygen atoms in total. The first-order valence-electron chi connectivity index (χ1n) is 12.3. The van der Waals surface area contributed by atoms with Gasteiger partial charge in [0.05, 0.1) is 10.6 Å². The number of aryl methyl sites for hydroxylation is 1. The maximum absolute atomic E-state index is 13.9. The van der Waals surface area contributed by atoms with Gasteiger partial charge in [0.25, 0.3) is 10.0 Å². The van der Waals surface area contributed by atoms with Crippen molar-refractivity contribution in [3.63, 3.8) is 0 Å². The van der Waals surface area contributed by atoms with Gasteiger partial charge in [-0.25, -0.2) is 8.42 Å². The summed E-state index contributed by atoms with van der Waals surface area (Å²) in [5.74, 6) is -0.840. The molecule has 1 N–H and O–H groups in total. The van der Waals surface area contributed by atoms with E-state index in [-0.39, 0.29) is 17.3 Å². The number of hydrogen-bond donors (Lipinski definition) is 1. The smallest absolute Gasteiger partial charge is 0.264 e. The fourth-order valence-electron chi connectivity index (χ4n) is 3.81. The number of amides is 2. The Morgan fingerprint density at radius 2 is 1.50 bits per heavy atom. The normalized spacial score (nSPS) is 12.5. The Balaban J connectivity index is 2.02. The third-order valence-corrected chi connectivity index (χ3v) is 7.90. The van der Waals surface area contributed by atoms with E-state index in [1.807, 2.05) is 58.0 Å². The van der Waals surface area contributed by atoms with E-state index in [0.29, 0.717) is 10.7 Å². The lowest BCUT2D eigenvalue weighted by atomic mass is 10.1. The third kappa shape index (κ3) is 7.58. The Bertz CT molecular complexity index is 1350. The number of carbonyl (C=O) groups is 2. The summed E-state index contributed by atoms with van der Waals surface area (Å²) < 4.78 is 28.6. The number of hydrogen-bond acceptors (Lipinski definition) is 4. The van der Waals surface area contributed by atoms with Crippen LogP contribution in [-0.2, 0) is 26.2 Å². The number of benzene rings is 3. The van der Waals surface area contributed by atoms with Crippen LogP contribution >= 0.6 is 11.6 Å². The van der Waals surface area contributed by atoms with Gasteiger partial charge in [-0.15, -0.1) is 0 Å². The van der Waals surface area contributed by atoms with Gasteiger partial charge in [0.2, 0.25) is 11.8 Å². The molecule has 3 rings (SSSR count). The van der Waals surface area contributed by atoms with E-state index in [4.69, 9.17) is 11.6 Å². The lowest BCUT2D eigenvalue weighted by Gasteiger charge is -2.33. The van der Waals surface area contributed by atoms with Crippen LogP contribution in [0.15, 0.2) is 83.8 Å². The Labute approximate surface area is 230 Å². The topological polar surface area (TPSA) is 86.8 Å². The summed E-state index contributed by atoms with van der Waals surface area (Å²) in [5.41, 5.74) is 1.60. The molecule has 1 atom stereocenters. The Kier molecular flexibility index (Phi) is 9.22. The summed E-state index contributed by atoms with van der Waals surface area (Å²) in [4.78, 5) is 28.4. The molecule has 0 radical (unpaired) electrons. The predicted molar refractivity (Wildman–Crippen MR) is 152 cm³/mol. The van der Waals surface area contributed by atoms with Crippen LogP contribution in [0.1, 0.15) is 38.8 Å². The summed E-state index contributed by atoms with van der Waals surface area (Å²) >= 11 is 5.98. The molecule has 0 bridgehead atoms. The van der Waals surface area contributed by atoms with Crippen LogP contribution in [0.25, 0.3) is 0 Å². The highest BCUT2D eigenvalue weighted by Crippen LogP contribution is 2.26. The largest absolute Gasteiger partial charge is 0.350 e. The van der Waals surface area contributed by atoms with E-state index in [2.05, 4.69) is 5.32 Å². The second-order valence-electron chi connectivity index (χ2n) is 10.2. The van der Waals surface area contributed by atoms with Crippen molar-refractivity contribution in [2.45, 2.75) is 57.6 Å². The van der Waals surface area contributed by atoms with Gasteiger partial charge in [0.15, 0.2) is 0 Å². The summed E-state index contributed by atoms with van der Waals surface area (Å²) in [6.45, 7) is 8.77. The zero-order valence-electron chi connectivity index (χ0n) is 22.3. The number of nitrogens with zero attached hydrogens (tertiary/aromatic N) is 2. The molecule has 0 aromatic heterocycles. The minimum Gasteiger partial charge on any atom is -0.350 e. The van der Waals surface area contributed by atoms with Crippen LogP contribution in [0.3, 0.4) is 0 Å². The molecule has 0 aliphatic heterocycles. The molecule has 38 heavy (non-hydrogen) atoms.